The number of rotatable bonds is 0. The zero-order valence-corrected chi connectivity index (χ0v) is 15.2. The number of fused-ring (bicyclic) bond motifs is 1. The molecule has 1 N–H and O–H groups in total. The van der Waals surface area contributed by atoms with E-state index in [0.29, 0.717) is 11.0 Å². The summed E-state index contributed by atoms with van der Waals surface area (Å²) in [6.45, 7) is 18.5. The molecule has 0 saturated heterocycles. The van der Waals surface area contributed by atoms with Crippen LogP contribution in [0.5, 0.6) is 0 Å². The molecule has 2 aromatic heterocycles. The largest absolute Gasteiger partial charge is 0.290 e. The minimum atomic E-state index is -0.340. The highest BCUT2D eigenvalue weighted by Crippen LogP contribution is 2.29. The maximum Gasteiger partial charge on any atom is 0.265 e. The van der Waals surface area contributed by atoms with E-state index in [-0.39, 0.29) is 21.9 Å². The van der Waals surface area contributed by atoms with Gasteiger partial charge in [0, 0.05) is 16.4 Å². The third kappa shape index (κ3) is 2.69. The monoisotopic (exact) mass is 304 g/mol. The molecule has 2 rings (SSSR count). The van der Waals surface area contributed by atoms with Gasteiger partial charge in [0.15, 0.2) is 5.65 Å². The van der Waals surface area contributed by atoms with Gasteiger partial charge in [0.2, 0.25) is 0 Å². The average Bonchev–Trinajstić information content (AvgIpc) is 2.69. The Morgan fingerprint density at radius 2 is 1.45 bits per heavy atom. The molecule has 0 aromatic carbocycles. The average molecular weight is 304 g/mol. The quantitative estimate of drug-likeness (QED) is 0.810. The highest BCUT2D eigenvalue weighted by Gasteiger charge is 2.31. The summed E-state index contributed by atoms with van der Waals surface area (Å²) in [4.78, 5) is 18.0. The Hall–Kier alpha value is -1.65. The second-order valence-corrected chi connectivity index (χ2v) is 9.04. The van der Waals surface area contributed by atoms with Crippen LogP contribution in [-0.4, -0.2) is 19.7 Å². The van der Waals surface area contributed by atoms with Gasteiger partial charge in [-0.1, -0.05) is 41.5 Å². The van der Waals surface area contributed by atoms with Crippen molar-refractivity contribution in [3.05, 3.63) is 21.9 Å². The van der Waals surface area contributed by atoms with Crippen molar-refractivity contribution in [2.75, 3.05) is 0 Å². The summed E-state index contributed by atoms with van der Waals surface area (Å²) >= 11 is 0. The molecular weight excluding hydrogens is 276 g/mol. The Kier molecular flexibility index (Phi) is 3.55. The molecule has 22 heavy (non-hydrogen) atoms. The fourth-order valence-electron chi connectivity index (χ4n) is 2.64. The third-order valence-electron chi connectivity index (χ3n) is 3.68. The molecular formula is C17H28N4O. The van der Waals surface area contributed by atoms with Crippen molar-refractivity contribution in [1.82, 2.24) is 19.7 Å². The molecule has 2 heterocycles. The van der Waals surface area contributed by atoms with Crippen LogP contribution in [0.25, 0.3) is 11.0 Å². The van der Waals surface area contributed by atoms with E-state index in [1.165, 1.54) is 0 Å². The lowest BCUT2D eigenvalue weighted by molar-refractivity contribution is 0.338. The first kappa shape index (κ1) is 16.7. The zero-order valence-electron chi connectivity index (χ0n) is 15.2. The first-order chi connectivity index (χ1) is 9.74. The molecule has 0 aliphatic heterocycles. The van der Waals surface area contributed by atoms with E-state index in [0.717, 1.165) is 11.5 Å². The fourth-order valence-corrected chi connectivity index (χ4v) is 2.64. The van der Waals surface area contributed by atoms with E-state index in [4.69, 9.17) is 4.98 Å². The van der Waals surface area contributed by atoms with Crippen LogP contribution in [0.15, 0.2) is 4.79 Å². The van der Waals surface area contributed by atoms with Crippen LogP contribution in [0.3, 0.4) is 0 Å². The summed E-state index contributed by atoms with van der Waals surface area (Å²) in [5, 5.41) is 7.93. The number of hydrogen-bond acceptors (Lipinski definition) is 3. The lowest BCUT2D eigenvalue weighted by Gasteiger charge is -2.31. The molecule has 0 bridgehead atoms. The summed E-state index contributed by atoms with van der Waals surface area (Å²) in [6.07, 6.45) is 0. The van der Waals surface area contributed by atoms with Crippen molar-refractivity contribution in [1.29, 1.82) is 0 Å². The van der Waals surface area contributed by atoms with Gasteiger partial charge >= 0.3 is 0 Å². The SMILES string of the molecule is CC(C)(C)c1[nH]nc2nc(C(C)(C)C)n(C(C)(C)C)c(=O)c12. The standard InChI is InChI=1S/C17H28N4O/c1-15(2,3)11-10-12(20-19-11)18-14(16(4,5)6)21(13(10)22)17(7,8)9/h1-9H3,(H,19,20). The number of nitrogens with zero attached hydrogens (tertiary/aromatic N) is 3. The maximum absolute atomic E-state index is 13.2. The van der Waals surface area contributed by atoms with Crippen LogP contribution in [0.1, 0.15) is 73.8 Å². The van der Waals surface area contributed by atoms with E-state index in [9.17, 15) is 4.79 Å². The third-order valence-corrected chi connectivity index (χ3v) is 3.68. The molecule has 2 aromatic rings. The Morgan fingerprint density at radius 1 is 0.909 bits per heavy atom. The number of hydrogen-bond donors (Lipinski definition) is 1. The van der Waals surface area contributed by atoms with Crippen molar-refractivity contribution in [3.8, 4) is 0 Å². The van der Waals surface area contributed by atoms with Crippen LogP contribution in [0.2, 0.25) is 0 Å². The van der Waals surface area contributed by atoms with Gasteiger partial charge in [0.05, 0.1) is 5.69 Å². The predicted octanol–water partition coefficient (Wildman–Crippen LogP) is 3.47. The fraction of sp³-hybridized carbons (Fsp3) is 0.706. The number of aromatic nitrogens is 4. The van der Waals surface area contributed by atoms with Crippen LogP contribution in [0, 0.1) is 0 Å². The summed E-state index contributed by atoms with van der Waals surface area (Å²) < 4.78 is 1.82. The highest BCUT2D eigenvalue weighted by molar-refractivity contribution is 5.78. The molecule has 5 nitrogen and oxygen atoms in total. The number of H-pyrrole nitrogens is 1. The molecule has 0 amide bonds. The topological polar surface area (TPSA) is 63.6 Å². The van der Waals surface area contributed by atoms with Gasteiger partial charge in [-0.3, -0.25) is 14.5 Å². The first-order valence-corrected chi connectivity index (χ1v) is 7.77. The van der Waals surface area contributed by atoms with Crippen LogP contribution in [0.4, 0.5) is 0 Å². The van der Waals surface area contributed by atoms with Crippen LogP contribution >= 0.6 is 0 Å². The van der Waals surface area contributed by atoms with E-state index in [2.05, 4.69) is 51.7 Å². The van der Waals surface area contributed by atoms with Crippen molar-refractivity contribution in [2.45, 2.75) is 78.7 Å². The van der Waals surface area contributed by atoms with Gasteiger partial charge in [-0.15, -0.1) is 0 Å². The molecule has 0 unspecified atom stereocenters. The molecule has 0 saturated carbocycles. The molecule has 0 aliphatic carbocycles. The molecule has 0 aliphatic rings. The maximum atomic E-state index is 13.2. The second-order valence-electron chi connectivity index (χ2n) is 9.04. The van der Waals surface area contributed by atoms with Crippen molar-refractivity contribution < 1.29 is 0 Å². The highest BCUT2D eigenvalue weighted by atomic mass is 16.1. The van der Waals surface area contributed by atoms with Gasteiger partial charge in [0.25, 0.3) is 5.56 Å². The summed E-state index contributed by atoms with van der Waals surface area (Å²) in [5.74, 6) is 0.768. The number of aromatic amines is 1. The Bertz CT molecular complexity index is 761. The Labute approximate surface area is 132 Å². The van der Waals surface area contributed by atoms with Crippen molar-refractivity contribution in [2.24, 2.45) is 0 Å². The minimum Gasteiger partial charge on any atom is -0.290 e. The molecule has 0 spiro atoms. The lowest BCUT2D eigenvalue weighted by Crippen LogP contribution is -2.41. The predicted molar refractivity (Wildman–Crippen MR) is 90.5 cm³/mol. The Morgan fingerprint density at radius 3 is 1.86 bits per heavy atom. The van der Waals surface area contributed by atoms with Crippen LogP contribution < -0.4 is 5.56 Å². The molecule has 0 atom stereocenters. The first-order valence-electron chi connectivity index (χ1n) is 7.77. The second kappa shape index (κ2) is 4.67. The molecule has 5 heteroatoms. The minimum absolute atomic E-state index is 0.0129. The summed E-state index contributed by atoms with van der Waals surface area (Å²) in [6, 6.07) is 0. The van der Waals surface area contributed by atoms with Gasteiger partial charge in [-0.05, 0) is 20.8 Å². The summed E-state index contributed by atoms with van der Waals surface area (Å²) in [7, 11) is 0. The van der Waals surface area contributed by atoms with Crippen molar-refractivity contribution >= 4 is 11.0 Å². The van der Waals surface area contributed by atoms with Gasteiger partial charge in [-0.2, -0.15) is 5.10 Å². The number of nitrogens with one attached hydrogen (secondary N) is 1. The van der Waals surface area contributed by atoms with Gasteiger partial charge in [-0.25, -0.2) is 4.98 Å². The molecule has 122 valence electrons. The van der Waals surface area contributed by atoms with E-state index in [1.807, 2.05) is 25.3 Å². The van der Waals surface area contributed by atoms with Crippen molar-refractivity contribution in [3.63, 3.8) is 0 Å². The van der Waals surface area contributed by atoms with Gasteiger partial charge < -0.3 is 0 Å². The zero-order chi connectivity index (χ0) is 17.1. The van der Waals surface area contributed by atoms with Crippen LogP contribution in [-0.2, 0) is 16.4 Å². The lowest BCUT2D eigenvalue weighted by atomic mass is 9.89. The van der Waals surface area contributed by atoms with Gasteiger partial charge in [0.1, 0.15) is 11.2 Å². The van der Waals surface area contributed by atoms with E-state index < -0.39 is 0 Å². The smallest absolute Gasteiger partial charge is 0.265 e. The normalized spacial score (nSPS) is 13.9. The Balaban J connectivity index is 3.01. The molecule has 0 fully saturated rings. The van der Waals surface area contributed by atoms with E-state index >= 15 is 0 Å². The molecule has 0 radical (unpaired) electrons. The van der Waals surface area contributed by atoms with E-state index in [1.54, 1.807) is 0 Å². The summed E-state index contributed by atoms with van der Waals surface area (Å²) in [5.41, 5.74) is 0.587.